The molecule has 7 nitrogen and oxygen atoms in total. The Morgan fingerprint density at radius 3 is 2.67 bits per heavy atom. The molecule has 1 fully saturated rings. The van der Waals surface area contributed by atoms with E-state index in [1.54, 1.807) is 6.33 Å². The van der Waals surface area contributed by atoms with E-state index in [-0.39, 0.29) is 0 Å². The Morgan fingerprint density at radius 2 is 1.96 bits per heavy atom. The quantitative estimate of drug-likeness (QED) is 0.702. The maximum atomic E-state index is 4.56. The highest BCUT2D eigenvalue weighted by atomic mass is 15.3. The molecule has 3 heterocycles. The minimum atomic E-state index is 0.604. The van der Waals surface area contributed by atoms with Crippen LogP contribution >= 0.6 is 0 Å². The highest BCUT2D eigenvalue weighted by Gasteiger charge is 2.22. The van der Waals surface area contributed by atoms with Gasteiger partial charge in [0.05, 0.1) is 5.69 Å². The average Bonchev–Trinajstić information content (AvgIpc) is 3.24. The predicted molar refractivity (Wildman–Crippen MR) is 106 cm³/mol. The van der Waals surface area contributed by atoms with Gasteiger partial charge in [0.25, 0.3) is 0 Å². The molecule has 0 atom stereocenters. The lowest BCUT2D eigenvalue weighted by Crippen LogP contribution is -2.07. The second-order valence-corrected chi connectivity index (χ2v) is 7.38. The Bertz CT molecular complexity index is 918. The summed E-state index contributed by atoms with van der Waals surface area (Å²) in [6.45, 7) is 6.19. The smallest absolute Gasteiger partial charge is 0.159 e. The fraction of sp³-hybridized carbons (Fsp3) is 0.500. The number of rotatable bonds is 5. The van der Waals surface area contributed by atoms with Crippen LogP contribution in [0.4, 0.5) is 11.6 Å². The molecule has 2 N–H and O–H groups in total. The van der Waals surface area contributed by atoms with Gasteiger partial charge in [-0.2, -0.15) is 10.2 Å². The first-order chi connectivity index (χ1) is 13.2. The topological polar surface area (TPSA) is 84.3 Å². The van der Waals surface area contributed by atoms with Crippen molar-refractivity contribution in [3.05, 3.63) is 41.1 Å². The molecule has 0 spiro atoms. The van der Waals surface area contributed by atoms with Crippen LogP contribution < -0.4 is 5.32 Å². The Labute approximate surface area is 159 Å². The van der Waals surface area contributed by atoms with E-state index < -0.39 is 0 Å². The Hall–Kier alpha value is -2.70. The van der Waals surface area contributed by atoms with Crippen molar-refractivity contribution in [2.45, 2.75) is 65.2 Å². The highest BCUT2D eigenvalue weighted by Crippen LogP contribution is 2.36. The van der Waals surface area contributed by atoms with Crippen LogP contribution in [0.2, 0.25) is 0 Å². The van der Waals surface area contributed by atoms with Gasteiger partial charge in [0, 0.05) is 28.9 Å². The number of hydrogen-bond donors (Lipinski definition) is 2. The zero-order valence-electron chi connectivity index (χ0n) is 16.3. The van der Waals surface area contributed by atoms with Crippen LogP contribution in [-0.2, 0) is 6.42 Å². The maximum Gasteiger partial charge on any atom is 0.159 e. The summed E-state index contributed by atoms with van der Waals surface area (Å²) in [5, 5.41) is 15.8. The Morgan fingerprint density at radius 1 is 1.15 bits per heavy atom. The number of anilines is 2. The van der Waals surface area contributed by atoms with E-state index >= 15 is 0 Å². The van der Waals surface area contributed by atoms with Crippen molar-refractivity contribution in [1.82, 2.24) is 29.9 Å². The summed E-state index contributed by atoms with van der Waals surface area (Å²) in [7, 11) is 0. The molecule has 142 valence electrons. The van der Waals surface area contributed by atoms with E-state index in [9.17, 15) is 0 Å². The number of aromatic amines is 1. The van der Waals surface area contributed by atoms with Crippen LogP contribution in [0.15, 0.2) is 18.5 Å². The molecule has 27 heavy (non-hydrogen) atoms. The second kappa shape index (κ2) is 7.50. The van der Waals surface area contributed by atoms with Gasteiger partial charge < -0.3 is 5.32 Å². The van der Waals surface area contributed by atoms with Gasteiger partial charge in [-0.25, -0.2) is 14.6 Å². The minimum Gasteiger partial charge on any atom is -0.323 e. The van der Waals surface area contributed by atoms with E-state index in [4.69, 9.17) is 0 Å². The highest BCUT2D eigenvalue weighted by molar-refractivity contribution is 5.58. The molecule has 0 aliphatic heterocycles. The summed E-state index contributed by atoms with van der Waals surface area (Å²) >= 11 is 0. The largest absolute Gasteiger partial charge is 0.323 e. The molecule has 1 saturated carbocycles. The molecule has 0 radical (unpaired) electrons. The number of H-pyrrole nitrogens is 1. The van der Waals surface area contributed by atoms with Crippen LogP contribution in [0, 0.1) is 13.8 Å². The predicted octanol–water partition coefficient (Wildman–Crippen LogP) is 4.36. The average molecular weight is 365 g/mol. The summed E-state index contributed by atoms with van der Waals surface area (Å²) in [5.41, 5.74) is 4.59. The molecule has 1 aliphatic rings. The third-order valence-corrected chi connectivity index (χ3v) is 5.39. The number of aryl methyl sites for hydroxylation is 2. The summed E-state index contributed by atoms with van der Waals surface area (Å²) in [5.74, 6) is 2.95. The minimum absolute atomic E-state index is 0.604. The number of hydrogen-bond acceptors (Lipinski definition) is 5. The third kappa shape index (κ3) is 3.59. The number of aromatic nitrogens is 6. The monoisotopic (exact) mass is 365 g/mol. The lowest BCUT2D eigenvalue weighted by molar-refractivity contribution is 0.434. The molecule has 0 bridgehead atoms. The number of nitrogens with one attached hydrogen (secondary N) is 2. The van der Waals surface area contributed by atoms with Crippen molar-refractivity contribution in [3.63, 3.8) is 0 Å². The van der Waals surface area contributed by atoms with E-state index in [0.717, 1.165) is 35.3 Å². The van der Waals surface area contributed by atoms with Crippen molar-refractivity contribution in [3.8, 4) is 5.82 Å². The van der Waals surface area contributed by atoms with E-state index in [1.807, 2.05) is 30.7 Å². The molecular weight excluding hydrogens is 338 g/mol. The first-order valence-electron chi connectivity index (χ1n) is 9.85. The molecule has 3 aromatic rings. The second-order valence-electron chi connectivity index (χ2n) is 7.38. The van der Waals surface area contributed by atoms with Crippen LogP contribution in [0.5, 0.6) is 0 Å². The van der Waals surface area contributed by atoms with Crippen LogP contribution in [0.1, 0.15) is 67.6 Å². The van der Waals surface area contributed by atoms with Gasteiger partial charge in [-0.3, -0.25) is 5.10 Å². The summed E-state index contributed by atoms with van der Waals surface area (Å²) in [4.78, 5) is 8.74. The van der Waals surface area contributed by atoms with Crippen molar-refractivity contribution >= 4 is 11.6 Å². The number of nitrogens with zero attached hydrogens (tertiary/aromatic N) is 5. The van der Waals surface area contributed by atoms with Gasteiger partial charge in [-0.15, -0.1) is 0 Å². The molecule has 7 heteroatoms. The molecule has 0 unspecified atom stereocenters. The van der Waals surface area contributed by atoms with Gasteiger partial charge in [0.1, 0.15) is 12.1 Å². The third-order valence-electron chi connectivity index (χ3n) is 5.39. The van der Waals surface area contributed by atoms with E-state index in [2.05, 4.69) is 37.5 Å². The van der Waals surface area contributed by atoms with Crippen LogP contribution in [-0.4, -0.2) is 29.9 Å². The normalized spacial score (nSPS) is 15.2. The zero-order valence-corrected chi connectivity index (χ0v) is 16.3. The van der Waals surface area contributed by atoms with E-state index in [1.165, 1.54) is 43.4 Å². The molecule has 3 aromatic heterocycles. The van der Waals surface area contributed by atoms with Gasteiger partial charge in [-0.1, -0.05) is 26.2 Å². The summed E-state index contributed by atoms with van der Waals surface area (Å²) < 4.78 is 1.83. The summed E-state index contributed by atoms with van der Waals surface area (Å²) in [6.07, 6.45) is 9.00. The molecule has 0 aromatic carbocycles. The van der Waals surface area contributed by atoms with Gasteiger partial charge in [0.2, 0.25) is 0 Å². The Kier molecular flexibility index (Phi) is 4.92. The van der Waals surface area contributed by atoms with Gasteiger partial charge in [0.15, 0.2) is 11.6 Å². The first-order valence-corrected chi connectivity index (χ1v) is 9.85. The van der Waals surface area contributed by atoms with Crippen molar-refractivity contribution in [2.24, 2.45) is 0 Å². The first kappa shape index (κ1) is 17.7. The van der Waals surface area contributed by atoms with Crippen molar-refractivity contribution in [2.75, 3.05) is 5.32 Å². The SMILES string of the molecule is CCc1c(Nc2cc(-n3nc(C)cc3C)ncn2)n[nH]c1C1CCCCC1. The van der Waals surface area contributed by atoms with Crippen molar-refractivity contribution in [1.29, 1.82) is 0 Å². The molecular formula is C20H27N7. The standard InChI is InChI=1S/C20H27N7/c1-4-16-19(15-8-6-5-7-9-15)24-25-20(16)23-17-11-18(22-12-21-17)27-14(3)10-13(2)26-27/h10-12,15H,4-9H2,1-3H3,(H2,21,22,23,24,25). The lowest BCUT2D eigenvalue weighted by Gasteiger charge is -2.21. The zero-order chi connectivity index (χ0) is 18.8. The Balaban J connectivity index is 1.60. The molecule has 1 aliphatic carbocycles. The molecule has 0 saturated heterocycles. The van der Waals surface area contributed by atoms with Crippen LogP contribution in [0.25, 0.3) is 5.82 Å². The lowest BCUT2D eigenvalue weighted by atomic mass is 9.85. The maximum absolute atomic E-state index is 4.56. The molecule has 4 rings (SSSR count). The fourth-order valence-corrected chi connectivity index (χ4v) is 4.08. The van der Waals surface area contributed by atoms with Crippen molar-refractivity contribution < 1.29 is 0 Å². The molecule has 0 amide bonds. The van der Waals surface area contributed by atoms with Gasteiger partial charge >= 0.3 is 0 Å². The van der Waals surface area contributed by atoms with E-state index in [0.29, 0.717) is 5.92 Å². The fourth-order valence-electron chi connectivity index (χ4n) is 4.08. The van der Waals surface area contributed by atoms with Gasteiger partial charge in [-0.05, 0) is 39.2 Å². The summed E-state index contributed by atoms with van der Waals surface area (Å²) in [6, 6.07) is 3.95. The van der Waals surface area contributed by atoms with Crippen LogP contribution in [0.3, 0.4) is 0 Å².